The number of piperazine rings is 1. The lowest BCUT2D eigenvalue weighted by atomic mass is 10.2. The number of nitrogens with zero attached hydrogens (tertiary/aromatic N) is 3. The van der Waals surface area contributed by atoms with E-state index in [9.17, 15) is 14.4 Å². The standard InChI is InChI=1S/C24H22N4O4S/c1-26-18-15-16(8-9-21(18)33-20-7-3-2-5-17(20)22(26)29)25-24(31)28-12-10-27(11-13-28)23(30)19-6-4-14-32-19/h2-9,14-15H,10-13H2,1H3,(H,25,31). The lowest BCUT2D eigenvalue weighted by Gasteiger charge is -2.34. The van der Waals surface area contributed by atoms with Crippen molar-refractivity contribution in [1.29, 1.82) is 0 Å². The molecule has 3 heterocycles. The third-order valence-corrected chi connectivity index (χ3v) is 6.94. The Morgan fingerprint density at radius 3 is 2.45 bits per heavy atom. The van der Waals surface area contributed by atoms with Gasteiger partial charge in [0.15, 0.2) is 5.76 Å². The fourth-order valence-electron chi connectivity index (χ4n) is 3.96. The van der Waals surface area contributed by atoms with Gasteiger partial charge in [-0.2, -0.15) is 0 Å². The van der Waals surface area contributed by atoms with Gasteiger partial charge >= 0.3 is 6.03 Å². The molecule has 0 atom stereocenters. The number of furan rings is 1. The first-order chi connectivity index (χ1) is 16.0. The fraction of sp³-hybridized carbons (Fsp3) is 0.208. The van der Waals surface area contributed by atoms with E-state index in [-0.39, 0.29) is 17.8 Å². The van der Waals surface area contributed by atoms with Crippen molar-refractivity contribution in [3.05, 3.63) is 72.2 Å². The summed E-state index contributed by atoms with van der Waals surface area (Å²) in [6, 6.07) is 16.2. The molecule has 1 aromatic heterocycles. The van der Waals surface area contributed by atoms with Crippen LogP contribution in [0.4, 0.5) is 16.2 Å². The van der Waals surface area contributed by atoms with E-state index < -0.39 is 0 Å². The minimum Gasteiger partial charge on any atom is -0.459 e. The molecule has 2 aromatic carbocycles. The highest BCUT2D eigenvalue weighted by Gasteiger charge is 2.27. The Balaban J connectivity index is 1.26. The highest BCUT2D eigenvalue weighted by Crippen LogP contribution is 2.41. The zero-order chi connectivity index (χ0) is 22.9. The molecule has 0 radical (unpaired) electrons. The molecule has 0 aliphatic carbocycles. The molecule has 0 unspecified atom stereocenters. The lowest BCUT2D eigenvalue weighted by molar-refractivity contribution is 0.0640. The van der Waals surface area contributed by atoms with Crippen LogP contribution in [0, 0.1) is 0 Å². The maximum absolute atomic E-state index is 12.9. The summed E-state index contributed by atoms with van der Waals surface area (Å²) in [4.78, 5) is 45.0. The third kappa shape index (κ3) is 4.07. The van der Waals surface area contributed by atoms with Crippen molar-refractivity contribution < 1.29 is 18.8 Å². The molecular weight excluding hydrogens is 440 g/mol. The molecule has 1 N–H and O–H groups in total. The van der Waals surface area contributed by atoms with Crippen LogP contribution in [-0.2, 0) is 0 Å². The molecule has 9 heteroatoms. The second kappa shape index (κ2) is 8.67. The minimum absolute atomic E-state index is 0.0855. The predicted octanol–water partition coefficient (Wildman–Crippen LogP) is 4.01. The number of urea groups is 1. The zero-order valence-corrected chi connectivity index (χ0v) is 18.8. The number of fused-ring (bicyclic) bond motifs is 2. The number of rotatable bonds is 2. The molecule has 3 aromatic rings. The van der Waals surface area contributed by atoms with Crippen LogP contribution in [0.25, 0.3) is 0 Å². The summed E-state index contributed by atoms with van der Waals surface area (Å²) in [6.07, 6.45) is 1.47. The molecule has 2 aliphatic rings. The highest BCUT2D eigenvalue weighted by atomic mass is 32.2. The maximum Gasteiger partial charge on any atom is 0.321 e. The number of hydrogen-bond acceptors (Lipinski definition) is 5. The van der Waals surface area contributed by atoms with E-state index in [4.69, 9.17) is 4.42 Å². The monoisotopic (exact) mass is 462 g/mol. The first kappa shape index (κ1) is 21.1. The summed E-state index contributed by atoms with van der Waals surface area (Å²) in [6.45, 7) is 1.71. The number of carbonyl (C=O) groups is 3. The van der Waals surface area contributed by atoms with Crippen LogP contribution in [0.3, 0.4) is 0 Å². The van der Waals surface area contributed by atoms with Crippen LogP contribution in [0.15, 0.2) is 75.1 Å². The number of hydrogen-bond donors (Lipinski definition) is 1. The smallest absolute Gasteiger partial charge is 0.321 e. The zero-order valence-electron chi connectivity index (χ0n) is 18.0. The Labute approximate surface area is 195 Å². The summed E-state index contributed by atoms with van der Waals surface area (Å²) in [7, 11) is 1.74. The van der Waals surface area contributed by atoms with Crippen molar-refractivity contribution in [2.75, 3.05) is 43.4 Å². The molecule has 5 rings (SSSR count). The molecule has 4 amide bonds. The van der Waals surface area contributed by atoms with Crippen LogP contribution in [0.1, 0.15) is 20.9 Å². The van der Waals surface area contributed by atoms with Gasteiger partial charge < -0.3 is 24.4 Å². The van der Waals surface area contributed by atoms with Crippen molar-refractivity contribution in [2.24, 2.45) is 0 Å². The van der Waals surface area contributed by atoms with Crippen LogP contribution < -0.4 is 10.2 Å². The Morgan fingerprint density at radius 1 is 0.939 bits per heavy atom. The summed E-state index contributed by atoms with van der Waals surface area (Å²) in [5.74, 6) is 0.0475. The third-order valence-electron chi connectivity index (χ3n) is 5.80. The van der Waals surface area contributed by atoms with Crippen LogP contribution in [0.2, 0.25) is 0 Å². The Bertz CT molecular complexity index is 1220. The van der Waals surface area contributed by atoms with E-state index in [1.165, 1.54) is 18.0 Å². The van der Waals surface area contributed by atoms with Gasteiger partial charge in [-0.15, -0.1) is 0 Å². The SMILES string of the molecule is CN1C(=O)c2ccccc2Sc2ccc(NC(=O)N3CCN(C(=O)c4ccco4)CC3)cc21. The fourth-order valence-corrected chi connectivity index (χ4v) is 5.04. The van der Waals surface area contributed by atoms with Crippen molar-refractivity contribution in [1.82, 2.24) is 9.80 Å². The van der Waals surface area contributed by atoms with Gasteiger partial charge in [0.05, 0.1) is 17.5 Å². The Kier molecular flexibility index (Phi) is 5.55. The predicted molar refractivity (Wildman–Crippen MR) is 125 cm³/mol. The van der Waals surface area contributed by atoms with Gasteiger partial charge in [-0.05, 0) is 42.5 Å². The van der Waals surface area contributed by atoms with E-state index in [2.05, 4.69) is 5.32 Å². The van der Waals surface area contributed by atoms with Crippen molar-refractivity contribution >= 4 is 41.0 Å². The highest BCUT2D eigenvalue weighted by molar-refractivity contribution is 7.99. The summed E-state index contributed by atoms with van der Waals surface area (Å²) in [5.41, 5.74) is 2.01. The number of benzene rings is 2. The van der Waals surface area contributed by atoms with E-state index in [0.29, 0.717) is 43.2 Å². The second-order valence-electron chi connectivity index (χ2n) is 7.83. The molecular formula is C24H22N4O4S. The van der Waals surface area contributed by atoms with E-state index in [1.54, 1.807) is 33.9 Å². The quantitative estimate of drug-likeness (QED) is 0.622. The first-order valence-corrected chi connectivity index (χ1v) is 11.4. The molecule has 0 saturated carbocycles. The molecule has 2 aliphatic heterocycles. The molecule has 0 spiro atoms. The second-order valence-corrected chi connectivity index (χ2v) is 8.92. The molecule has 168 valence electrons. The summed E-state index contributed by atoms with van der Waals surface area (Å²) >= 11 is 1.54. The van der Waals surface area contributed by atoms with Crippen LogP contribution in [-0.4, -0.2) is 60.9 Å². The maximum atomic E-state index is 12.9. The number of carbonyl (C=O) groups excluding carboxylic acids is 3. The minimum atomic E-state index is -0.237. The topological polar surface area (TPSA) is 86.1 Å². The molecule has 1 fully saturated rings. The molecule has 8 nitrogen and oxygen atoms in total. The molecule has 0 bridgehead atoms. The summed E-state index contributed by atoms with van der Waals surface area (Å²) in [5, 5.41) is 2.93. The number of amides is 4. The van der Waals surface area contributed by atoms with Gasteiger partial charge in [0.25, 0.3) is 11.8 Å². The Hall–Kier alpha value is -3.72. The molecule has 33 heavy (non-hydrogen) atoms. The lowest BCUT2D eigenvalue weighted by Crippen LogP contribution is -2.51. The van der Waals surface area contributed by atoms with E-state index in [0.717, 1.165) is 15.5 Å². The average molecular weight is 463 g/mol. The first-order valence-electron chi connectivity index (χ1n) is 10.6. The Morgan fingerprint density at radius 2 is 1.70 bits per heavy atom. The van der Waals surface area contributed by atoms with Gasteiger partial charge in [-0.1, -0.05) is 23.9 Å². The van der Waals surface area contributed by atoms with Crippen molar-refractivity contribution in [3.8, 4) is 0 Å². The largest absolute Gasteiger partial charge is 0.459 e. The number of anilines is 2. The van der Waals surface area contributed by atoms with Crippen LogP contribution in [0.5, 0.6) is 0 Å². The normalized spacial score (nSPS) is 15.5. The van der Waals surface area contributed by atoms with Crippen LogP contribution >= 0.6 is 11.8 Å². The van der Waals surface area contributed by atoms with Gasteiger partial charge in [0.2, 0.25) is 0 Å². The van der Waals surface area contributed by atoms with E-state index >= 15 is 0 Å². The van der Waals surface area contributed by atoms with E-state index in [1.807, 2.05) is 42.5 Å². The van der Waals surface area contributed by atoms with Gasteiger partial charge in [0, 0.05) is 48.7 Å². The van der Waals surface area contributed by atoms with Gasteiger partial charge in [-0.3, -0.25) is 9.59 Å². The average Bonchev–Trinajstić information content (AvgIpc) is 3.36. The molecule has 1 saturated heterocycles. The van der Waals surface area contributed by atoms with Gasteiger partial charge in [0.1, 0.15) is 0 Å². The number of nitrogens with one attached hydrogen (secondary N) is 1. The van der Waals surface area contributed by atoms with Crippen molar-refractivity contribution in [2.45, 2.75) is 9.79 Å². The van der Waals surface area contributed by atoms with Gasteiger partial charge in [-0.25, -0.2) is 4.79 Å². The van der Waals surface area contributed by atoms with Crippen molar-refractivity contribution in [3.63, 3.8) is 0 Å². The summed E-state index contributed by atoms with van der Waals surface area (Å²) < 4.78 is 5.18.